The fourth-order valence-electron chi connectivity index (χ4n) is 2.12. The Morgan fingerprint density at radius 3 is 2.50 bits per heavy atom. The molecule has 1 heterocycles. The number of hydrogen-bond acceptors (Lipinski definition) is 3. The predicted octanol–water partition coefficient (Wildman–Crippen LogP) is 3.06. The molecular weight excluding hydrogens is 262 g/mol. The summed E-state index contributed by atoms with van der Waals surface area (Å²) in [7, 11) is 0. The molecule has 0 unspecified atom stereocenters. The molecular formula is C12H15ClF2N2O. The molecule has 1 aliphatic rings. The van der Waals surface area contributed by atoms with Gasteiger partial charge in [0.2, 0.25) is 0 Å². The normalized spacial score (nSPS) is 16.9. The van der Waals surface area contributed by atoms with Crippen molar-refractivity contribution in [2.75, 3.05) is 18.0 Å². The first-order valence-corrected chi connectivity index (χ1v) is 5.58. The van der Waals surface area contributed by atoms with Gasteiger partial charge in [-0.1, -0.05) is 0 Å². The lowest BCUT2D eigenvalue weighted by Gasteiger charge is -2.32. The largest absolute Gasteiger partial charge is 0.411 e. The van der Waals surface area contributed by atoms with E-state index in [9.17, 15) is 8.78 Å². The molecule has 0 atom stereocenters. The highest BCUT2D eigenvalue weighted by Gasteiger charge is 2.20. The molecule has 1 aromatic carbocycles. The number of rotatable bonds is 2. The summed E-state index contributed by atoms with van der Waals surface area (Å²) < 4.78 is 26.3. The summed E-state index contributed by atoms with van der Waals surface area (Å²) in [6, 6.07) is 3.63. The van der Waals surface area contributed by atoms with E-state index in [-0.39, 0.29) is 18.3 Å². The Kier molecular flexibility index (Phi) is 5.34. The lowest BCUT2D eigenvalue weighted by Crippen LogP contribution is -2.34. The molecule has 0 amide bonds. The van der Waals surface area contributed by atoms with Gasteiger partial charge in [0, 0.05) is 31.3 Å². The molecule has 0 radical (unpaired) electrons. The van der Waals surface area contributed by atoms with E-state index in [4.69, 9.17) is 5.21 Å². The van der Waals surface area contributed by atoms with Crippen LogP contribution in [0.1, 0.15) is 12.8 Å². The van der Waals surface area contributed by atoms with Crippen molar-refractivity contribution < 1.29 is 14.0 Å². The second-order valence-electron chi connectivity index (χ2n) is 4.18. The Morgan fingerprint density at radius 2 is 1.94 bits per heavy atom. The van der Waals surface area contributed by atoms with Crippen LogP contribution in [0.3, 0.4) is 0 Å². The molecule has 18 heavy (non-hydrogen) atoms. The van der Waals surface area contributed by atoms with E-state index in [1.54, 1.807) is 0 Å². The highest BCUT2D eigenvalue weighted by molar-refractivity contribution is 5.85. The Hall–Kier alpha value is -1.36. The average Bonchev–Trinajstić information content (AvgIpc) is 2.31. The maximum Gasteiger partial charge on any atom is 0.149 e. The van der Waals surface area contributed by atoms with Gasteiger partial charge in [-0.25, -0.2) is 8.78 Å². The maximum atomic E-state index is 13.5. The van der Waals surface area contributed by atoms with Gasteiger partial charge in [-0.05, 0) is 25.0 Å². The van der Waals surface area contributed by atoms with E-state index < -0.39 is 11.6 Å². The van der Waals surface area contributed by atoms with Gasteiger partial charge in [0.25, 0.3) is 0 Å². The number of hydrogen-bond donors (Lipinski definition) is 1. The molecule has 1 saturated heterocycles. The first-order valence-electron chi connectivity index (χ1n) is 5.58. The van der Waals surface area contributed by atoms with Crippen LogP contribution in [-0.2, 0) is 0 Å². The molecule has 0 saturated carbocycles. The molecule has 2 rings (SSSR count). The van der Waals surface area contributed by atoms with Gasteiger partial charge in [-0.3, -0.25) is 0 Å². The van der Waals surface area contributed by atoms with E-state index >= 15 is 0 Å². The molecule has 100 valence electrons. The fourth-order valence-corrected chi connectivity index (χ4v) is 2.12. The van der Waals surface area contributed by atoms with Crippen molar-refractivity contribution >= 4 is 24.3 Å². The van der Waals surface area contributed by atoms with Crippen molar-refractivity contribution in [1.29, 1.82) is 0 Å². The zero-order chi connectivity index (χ0) is 12.3. The van der Waals surface area contributed by atoms with Gasteiger partial charge in [0.1, 0.15) is 11.6 Å². The van der Waals surface area contributed by atoms with Gasteiger partial charge in [0.05, 0.1) is 5.69 Å². The highest BCUT2D eigenvalue weighted by atomic mass is 35.5. The summed E-state index contributed by atoms with van der Waals surface area (Å²) in [5.74, 6) is -0.854. The van der Waals surface area contributed by atoms with E-state index in [0.717, 1.165) is 18.9 Å². The quantitative estimate of drug-likeness (QED) is 0.512. The summed E-state index contributed by atoms with van der Waals surface area (Å²) in [4.78, 5) is 1.89. The van der Waals surface area contributed by atoms with Gasteiger partial charge in [0.15, 0.2) is 0 Å². The molecule has 1 N–H and O–H groups in total. The van der Waals surface area contributed by atoms with Crippen LogP contribution in [0.4, 0.5) is 14.5 Å². The average molecular weight is 277 g/mol. The summed E-state index contributed by atoms with van der Waals surface area (Å²) in [6.07, 6.45) is 3.13. The smallest absolute Gasteiger partial charge is 0.149 e. The topological polar surface area (TPSA) is 35.8 Å². The van der Waals surface area contributed by atoms with Crippen molar-refractivity contribution in [1.82, 2.24) is 0 Å². The van der Waals surface area contributed by atoms with Crippen LogP contribution in [0, 0.1) is 17.6 Å². The van der Waals surface area contributed by atoms with Gasteiger partial charge in [-0.2, -0.15) is 0 Å². The molecule has 0 aliphatic carbocycles. The van der Waals surface area contributed by atoms with Crippen LogP contribution in [-0.4, -0.2) is 24.5 Å². The summed E-state index contributed by atoms with van der Waals surface area (Å²) >= 11 is 0. The third kappa shape index (κ3) is 3.32. The zero-order valence-electron chi connectivity index (χ0n) is 9.72. The lowest BCUT2D eigenvalue weighted by atomic mass is 9.98. The monoisotopic (exact) mass is 276 g/mol. The molecule has 1 aromatic rings. The number of benzene rings is 1. The van der Waals surface area contributed by atoms with Gasteiger partial charge < -0.3 is 10.1 Å². The van der Waals surface area contributed by atoms with Crippen LogP contribution in [0.25, 0.3) is 0 Å². The Bertz CT molecular complexity index is 421. The third-order valence-electron chi connectivity index (χ3n) is 3.07. The summed E-state index contributed by atoms with van der Waals surface area (Å²) in [5, 5.41) is 11.4. The van der Waals surface area contributed by atoms with Crippen LogP contribution < -0.4 is 4.90 Å². The molecule has 1 aliphatic heterocycles. The lowest BCUT2D eigenvalue weighted by molar-refractivity contribution is 0.316. The van der Waals surface area contributed by atoms with E-state index in [1.165, 1.54) is 18.3 Å². The van der Waals surface area contributed by atoms with Gasteiger partial charge in [-0.15, -0.1) is 17.6 Å². The number of nitrogens with zero attached hydrogens (tertiary/aromatic N) is 2. The van der Waals surface area contributed by atoms with Crippen molar-refractivity contribution in [2.24, 2.45) is 11.1 Å². The Balaban J connectivity index is 0.00000162. The zero-order valence-corrected chi connectivity index (χ0v) is 10.5. The van der Waals surface area contributed by atoms with E-state index in [0.29, 0.717) is 18.8 Å². The molecule has 6 heteroatoms. The van der Waals surface area contributed by atoms with Crippen molar-refractivity contribution in [3.05, 3.63) is 29.8 Å². The molecule has 3 nitrogen and oxygen atoms in total. The van der Waals surface area contributed by atoms with Crippen molar-refractivity contribution in [2.45, 2.75) is 12.8 Å². The molecule has 0 aromatic heterocycles. The Labute approximate surface area is 111 Å². The van der Waals surface area contributed by atoms with Crippen molar-refractivity contribution in [3.63, 3.8) is 0 Å². The number of oxime groups is 1. The molecule has 0 spiro atoms. The second-order valence-corrected chi connectivity index (χ2v) is 4.18. The van der Waals surface area contributed by atoms with E-state index in [1.807, 2.05) is 4.90 Å². The van der Waals surface area contributed by atoms with Crippen LogP contribution in [0.15, 0.2) is 23.4 Å². The second kappa shape index (κ2) is 6.54. The number of anilines is 1. The first kappa shape index (κ1) is 14.7. The fraction of sp³-hybridized carbons (Fsp3) is 0.417. The van der Waals surface area contributed by atoms with Crippen LogP contribution in [0.2, 0.25) is 0 Å². The molecule has 0 bridgehead atoms. The predicted molar refractivity (Wildman–Crippen MR) is 68.8 cm³/mol. The summed E-state index contributed by atoms with van der Waals surface area (Å²) in [6.45, 7) is 1.36. The van der Waals surface area contributed by atoms with Crippen LogP contribution >= 0.6 is 12.4 Å². The number of piperidine rings is 1. The van der Waals surface area contributed by atoms with Crippen molar-refractivity contribution in [3.8, 4) is 0 Å². The minimum atomic E-state index is -0.562. The number of halogens is 3. The standard InChI is InChI=1S/C12H14F2N2O.ClH/c13-10-1-2-12(11(14)7-10)16-5-3-9(4-6-16)8-15-17;/h1-2,7-9,17H,3-6H2;1H/b15-8+;. The third-order valence-corrected chi connectivity index (χ3v) is 3.07. The first-order chi connectivity index (χ1) is 8.20. The van der Waals surface area contributed by atoms with E-state index in [2.05, 4.69) is 5.16 Å². The SMILES string of the molecule is Cl.O/N=C/C1CCN(c2ccc(F)cc2F)CC1. The Morgan fingerprint density at radius 1 is 1.28 bits per heavy atom. The highest BCUT2D eigenvalue weighted by Crippen LogP contribution is 2.25. The summed E-state index contributed by atoms with van der Waals surface area (Å²) in [5.41, 5.74) is 0.436. The molecule has 1 fully saturated rings. The maximum absolute atomic E-state index is 13.5. The van der Waals surface area contributed by atoms with Crippen LogP contribution in [0.5, 0.6) is 0 Å². The van der Waals surface area contributed by atoms with Gasteiger partial charge >= 0.3 is 0 Å². The minimum absolute atomic E-state index is 0. The minimum Gasteiger partial charge on any atom is -0.411 e.